The molecule has 0 heterocycles. The minimum absolute atomic E-state index is 0.114. The number of carbonyl (C=O) groups excluding carboxylic acids is 1. The van der Waals surface area contributed by atoms with Crippen molar-refractivity contribution in [2.75, 3.05) is 12.8 Å². The highest BCUT2D eigenvalue weighted by atomic mass is 79.9. The summed E-state index contributed by atoms with van der Waals surface area (Å²) in [5, 5.41) is 2.95. The smallest absolute Gasteiger partial charge is 0.252 e. The molecule has 0 saturated heterocycles. The number of nitrogens with two attached hydrogens (primary N) is 1. The molecular weight excluding hydrogens is 332 g/mol. The molecule has 1 atom stereocenters. The molecule has 0 radical (unpaired) electrons. The summed E-state index contributed by atoms with van der Waals surface area (Å²) in [5.74, 6) is 0.619. The zero-order chi connectivity index (χ0) is 15.4. The van der Waals surface area contributed by atoms with Crippen LogP contribution in [0.25, 0.3) is 0 Å². The van der Waals surface area contributed by atoms with E-state index in [9.17, 15) is 4.79 Å². The van der Waals surface area contributed by atoms with Gasteiger partial charge in [0.15, 0.2) is 0 Å². The van der Waals surface area contributed by atoms with E-state index in [1.54, 1.807) is 25.3 Å². The van der Waals surface area contributed by atoms with E-state index in [1.807, 2.05) is 31.2 Å². The summed E-state index contributed by atoms with van der Waals surface area (Å²) in [5.41, 5.74) is 7.86. The van der Waals surface area contributed by atoms with Crippen molar-refractivity contribution in [2.45, 2.75) is 13.0 Å². The maximum absolute atomic E-state index is 12.3. The predicted molar refractivity (Wildman–Crippen MR) is 87.4 cm³/mol. The molecule has 110 valence electrons. The summed E-state index contributed by atoms with van der Waals surface area (Å²) >= 11 is 3.34. The number of nitrogens with one attached hydrogen (secondary N) is 1. The number of hydrogen-bond donors (Lipinski definition) is 2. The van der Waals surface area contributed by atoms with Crippen LogP contribution in [0.2, 0.25) is 0 Å². The lowest BCUT2D eigenvalue weighted by molar-refractivity contribution is 0.0939. The molecule has 0 aliphatic rings. The zero-order valence-electron chi connectivity index (χ0n) is 11.9. The van der Waals surface area contributed by atoms with Crippen molar-refractivity contribution in [1.82, 2.24) is 5.32 Å². The van der Waals surface area contributed by atoms with Crippen molar-refractivity contribution in [2.24, 2.45) is 0 Å². The van der Waals surface area contributed by atoms with Gasteiger partial charge in [-0.05, 0) is 52.7 Å². The van der Waals surface area contributed by atoms with Crippen LogP contribution in [-0.4, -0.2) is 13.0 Å². The molecule has 0 aliphatic heterocycles. The number of hydrogen-bond acceptors (Lipinski definition) is 3. The van der Waals surface area contributed by atoms with Crippen LogP contribution in [-0.2, 0) is 0 Å². The van der Waals surface area contributed by atoms with Crippen LogP contribution in [0.5, 0.6) is 5.75 Å². The predicted octanol–water partition coefficient (Wildman–Crippen LogP) is 3.53. The van der Waals surface area contributed by atoms with Gasteiger partial charge in [0.1, 0.15) is 5.75 Å². The van der Waals surface area contributed by atoms with Gasteiger partial charge in [0.05, 0.1) is 23.2 Å². The molecule has 0 aliphatic carbocycles. The Morgan fingerprint density at radius 1 is 1.24 bits per heavy atom. The minimum atomic E-state index is -0.169. The highest BCUT2D eigenvalue weighted by molar-refractivity contribution is 9.10. The third-order valence-corrected chi connectivity index (χ3v) is 4.12. The molecule has 1 unspecified atom stereocenters. The first-order chi connectivity index (χ1) is 10.0. The van der Waals surface area contributed by atoms with E-state index in [2.05, 4.69) is 21.2 Å². The van der Waals surface area contributed by atoms with Gasteiger partial charge in [0, 0.05) is 5.69 Å². The standard InChI is InChI=1S/C16H17BrN2O2/c1-10(11-6-8-12(21-2)9-7-11)19-16(20)13-4-3-5-14(18)15(13)17/h3-10H,18H2,1-2H3,(H,19,20). The first-order valence-electron chi connectivity index (χ1n) is 6.51. The fourth-order valence-corrected chi connectivity index (χ4v) is 2.42. The van der Waals surface area contributed by atoms with E-state index in [1.165, 1.54) is 0 Å². The molecule has 0 aromatic heterocycles. The quantitative estimate of drug-likeness (QED) is 0.830. The second kappa shape index (κ2) is 6.63. The number of carbonyl (C=O) groups is 1. The maximum atomic E-state index is 12.3. The van der Waals surface area contributed by atoms with Gasteiger partial charge in [0.2, 0.25) is 0 Å². The Balaban J connectivity index is 2.12. The molecule has 0 bridgehead atoms. The molecule has 0 spiro atoms. The Bertz CT molecular complexity index is 641. The average Bonchev–Trinajstić information content (AvgIpc) is 2.50. The average molecular weight is 349 g/mol. The number of methoxy groups -OCH3 is 1. The molecule has 21 heavy (non-hydrogen) atoms. The van der Waals surface area contributed by atoms with E-state index in [4.69, 9.17) is 10.5 Å². The van der Waals surface area contributed by atoms with Gasteiger partial charge >= 0.3 is 0 Å². The molecule has 2 aromatic rings. The molecule has 0 saturated carbocycles. The number of benzene rings is 2. The molecule has 1 amide bonds. The van der Waals surface area contributed by atoms with E-state index >= 15 is 0 Å². The number of anilines is 1. The van der Waals surface area contributed by atoms with E-state index in [0.29, 0.717) is 15.7 Å². The van der Waals surface area contributed by atoms with E-state index in [-0.39, 0.29) is 11.9 Å². The summed E-state index contributed by atoms with van der Waals surface area (Å²) in [6, 6.07) is 12.7. The fraction of sp³-hybridized carbons (Fsp3) is 0.188. The van der Waals surface area contributed by atoms with Gasteiger partial charge in [-0.1, -0.05) is 18.2 Å². The Kier molecular flexibility index (Phi) is 4.85. The Morgan fingerprint density at radius 2 is 1.90 bits per heavy atom. The second-order valence-electron chi connectivity index (χ2n) is 4.68. The van der Waals surface area contributed by atoms with Gasteiger partial charge in [-0.2, -0.15) is 0 Å². The molecule has 5 heteroatoms. The molecule has 2 rings (SSSR count). The highest BCUT2D eigenvalue weighted by Gasteiger charge is 2.15. The Labute approximate surface area is 132 Å². The summed E-state index contributed by atoms with van der Waals surface area (Å²) < 4.78 is 5.74. The highest BCUT2D eigenvalue weighted by Crippen LogP contribution is 2.24. The molecular formula is C16H17BrN2O2. The van der Waals surface area contributed by atoms with Crippen LogP contribution in [0.1, 0.15) is 28.9 Å². The third kappa shape index (κ3) is 3.55. The monoisotopic (exact) mass is 348 g/mol. The fourth-order valence-electron chi connectivity index (χ4n) is 1.98. The Morgan fingerprint density at radius 3 is 2.52 bits per heavy atom. The van der Waals surface area contributed by atoms with Gasteiger partial charge in [-0.3, -0.25) is 4.79 Å². The topological polar surface area (TPSA) is 64.3 Å². The minimum Gasteiger partial charge on any atom is -0.497 e. The van der Waals surface area contributed by atoms with Crippen LogP contribution in [0.3, 0.4) is 0 Å². The Hall–Kier alpha value is -2.01. The summed E-state index contributed by atoms with van der Waals surface area (Å²) in [4.78, 5) is 12.3. The van der Waals surface area contributed by atoms with E-state index in [0.717, 1.165) is 11.3 Å². The van der Waals surface area contributed by atoms with Crippen LogP contribution < -0.4 is 15.8 Å². The lowest BCUT2D eigenvalue weighted by Crippen LogP contribution is -2.27. The number of halogens is 1. The van der Waals surface area contributed by atoms with Crippen molar-refractivity contribution in [3.05, 3.63) is 58.1 Å². The number of nitrogen functional groups attached to an aromatic ring is 1. The molecule has 3 N–H and O–H groups in total. The first kappa shape index (κ1) is 15.4. The van der Waals surface area contributed by atoms with Crippen LogP contribution in [0.15, 0.2) is 46.9 Å². The normalized spacial score (nSPS) is 11.8. The van der Waals surface area contributed by atoms with Crippen LogP contribution in [0, 0.1) is 0 Å². The van der Waals surface area contributed by atoms with Crippen molar-refractivity contribution in [1.29, 1.82) is 0 Å². The van der Waals surface area contributed by atoms with Crippen molar-refractivity contribution < 1.29 is 9.53 Å². The first-order valence-corrected chi connectivity index (χ1v) is 7.31. The number of amides is 1. The summed E-state index contributed by atoms with van der Waals surface area (Å²) in [7, 11) is 1.62. The second-order valence-corrected chi connectivity index (χ2v) is 5.47. The summed E-state index contributed by atoms with van der Waals surface area (Å²) in [6.07, 6.45) is 0. The molecule has 4 nitrogen and oxygen atoms in total. The van der Waals surface area contributed by atoms with E-state index < -0.39 is 0 Å². The lowest BCUT2D eigenvalue weighted by Gasteiger charge is -2.16. The molecule has 0 fully saturated rings. The van der Waals surface area contributed by atoms with Crippen LogP contribution in [0.4, 0.5) is 5.69 Å². The third-order valence-electron chi connectivity index (χ3n) is 3.24. The van der Waals surface area contributed by atoms with Gasteiger partial charge in [0.25, 0.3) is 5.91 Å². The van der Waals surface area contributed by atoms with Gasteiger partial charge in [-0.15, -0.1) is 0 Å². The van der Waals surface area contributed by atoms with Crippen molar-refractivity contribution in [3.8, 4) is 5.75 Å². The van der Waals surface area contributed by atoms with Crippen molar-refractivity contribution in [3.63, 3.8) is 0 Å². The summed E-state index contributed by atoms with van der Waals surface area (Å²) in [6.45, 7) is 1.93. The van der Waals surface area contributed by atoms with Crippen molar-refractivity contribution >= 4 is 27.5 Å². The SMILES string of the molecule is COc1ccc(C(C)NC(=O)c2cccc(N)c2Br)cc1. The zero-order valence-corrected chi connectivity index (χ0v) is 13.5. The van der Waals surface area contributed by atoms with Crippen LogP contribution >= 0.6 is 15.9 Å². The lowest BCUT2D eigenvalue weighted by atomic mass is 10.1. The number of ether oxygens (including phenoxy) is 1. The largest absolute Gasteiger partial charge is 0.497 e. The van der Waals surface area contributed by atoms with Gasteiger partial charge in [-0.25, -0.2) is 0 Å². The van der Waals surface area contributed by atoms with Gasteiger partial charge < -0.3 is 15.8 Å². The molecule has 2 aromatic carbocycles. The number of rotatable bonds is 4. The maximum Gasteiger partial charge on any atom is 0.252 e.